The fourth-order valence-electron chi connectivity index (χ4n) is 2.79. The topological polar surface area (TPSA) is 47.3 Å². The Morgan fingerprint density at radius 2 is 2.11 bits per heavy atom. The van der Waals surface area contributed by atoms with Gasteiger partial charge in [-0.2, -0.15) is 5.10 Å². The van der Waals surface area contributed by atoms with Gasteiger partial charge in [0.15, 0.2) is 0 Å². The van der Waals surface area contributed by atoms with Gasteiger partial charge in [-0.3, -0.25) is 4.68 Å². The number of ether oxygens (including phenoxy) is 1. The number of aryl methyl sites for hydroxylation is 1. The van der Waals surface area contributed by atoms with Crippen LogP contribution in [0.3, 0.4) is 0 Å². The van der Waals surface area contributed by atoms with E-state index in [0.29, 0.717) is 0 Å². The van der Waals surface area contributed by atoms with Crippen LogP contribution in [0, 0.1) is 12.8 Å². The lowest BCUT2D eigenvalue weighted by molar-refractivity contribution is 0.0622. The SMILES string of the molecule is CCc1c(CO)nn(CCC2CCOCC2)c1C. The molecule has 1 aromatic rings. The van der Waals surface area contributed by atoms with Gasteiger partial charge >= 0.3 is 0 Å². The summed E-state index contributed by atoms with van der Waals surface area (Å²) in [7, 11) is 0. The average Bonchev–Trinajstić information content (AvgIpc) is 2.73. The molecule has 0 aliphatic carbocycles. The van der Waals surface area contributed by atoms with Crippen molar-refractivity contribution >= 4 is 0 Å². The zero-order valence-electron chi connectivity index (χ0n) is 11.5. The molecule has 2 heterocycles. The van der Waals surface area contributed by atoms with Crippen molar-refractivity contribution in [2.75, 3.05) is 13.2 Å². The van der Waals surface area contributed by atoms with Crippen LogP contribution in [0.15, 0.2) is 0 Å². The summed E-state index contributed by atoms with van der Waals surface area (Å²) < 4.78 is 7.45. The number of aliphatic hydroxyl groups is 1. The van der Waals surface area contributed by atoms with E-state index in [0.717, 1.165) is 37.8 Å². The molecule has 0 spiro atoms. The molecule has 102 valence electrons. The monoisotopic (exact) mass is 252 g/mol. The maximum Gasteiger partial charge on any atom is 0.0913 e. The van der Waals surface area contributed by atoms with Crippen molar-refractivity contribution in [1.82, 2.24) is 9.78 Å². The second-order valence-electron chi connectivity index (χ2n) is 5.09. The number of rotatable bonds is 5. The van der Waals surface area contributed by atoms with Gasteiger partial charge in [-0.1, -0.05) is 6.92 Å². The van der Waals surface area contributed by atoms with Crippen molar-refractivity contribution in [2.24, 2.45) is 5.92 Å². The van der Waals surface area contributed by atoms with E-state index in [1.165, 1.54) is 30.5 Å². The number of aromatic nitrogens is 2. The van der Waals surface area contributed by atoms with E-state index in [-0.39, 0.29) is 6.61 Å². The first-order valence-corrected chi connectivity index (χ1v) is 7.00. The Kier molecular flexibility index (Phi) is 4.78. The number of nitrogens with zero attached hydrogens (tertiary/aromatic N) is 2. The van der Waals surface area contributed by atoms with E-state index in [1.807, 2.05) is 0 Å². The Labute approximate surface area is 109 Å². The molecule has 1 N–H and O–H groups in total. The molecule has 0 radical (unpaired) electrons. The highest BCUT2D eigenvalue weighted by Crippen LogP contribution is 2.21. The lowest BCUT2D eigenvalue weighted by Gasteiger charge is -2.22. The summed E-state index contributed by atoms with van der Waals surface area (Å²) in [6, 6.07) is 0. The second-order valence-corrected chi connectivity index (χ2v) is 5.09. The third-order valence-corrected chi connectivity index (χ3v) is 4.01. The maximum atomic E-state index is 9.31. The minimum atomic E-state index is 0.0499. The van der Waals surface area contributed by atoms with Gasteiger partial charge in [0.2, 0.25) is 0 Å². The second kappa shape index (κ2) is 6.34. The van der Waals surface area contributed by atoms with Crippen LogP contribution in [0.5, 0.6) is 0 Å². The van der Waals surface area contributed by atoms with Crippen LogP contribution < -0.4 is 0 Å². The molecule has 1 aliphatic rings. The summed E-state index contributed by atoms with van der Waals surface area (Å²) >= 11 is 0. The van der Waals surface area contributed by atoms with Crippen molar-refractivity contribution in [1.29, 1.82) is 0 Å². The van der Waals surface area contributed by atoms with Gasteiger partial charge in [-0.15, -0.1) is 0 Å². The molecule has 18 heavy (non-hydrogen) atoms. The molecule has 2 rings (SSSR count). The van der Waals surface area contributed by atoms with Gasteiger partial charge in [0.05, 0.1) is 12.3 Å². The molecular formula is C14H24N2O2. The van der Waals surface area contributed by atoms with Gasteiger partial charge < -0.3 is 9.84 Å². The quantitative estimate of drug-likeness (QED) is 0.872. The fraction of sp³-hybridized carbons (Fsp3) is 0.786. The van der Waals surface area contributed by atoms with E-state index >= 15 is 0 Å². The molecule has 0 atom stereocenters. The number of hydrogen-bond acceptors (Lipinski definition) is 3. The smallest absolute Gasteiger partial charge is 0.0913 e. The van der Waals surface area contributed by atoms with Crippen molar-refractivity contribution in [2.45, 2.75) is 52.7 Å². The minimum Gasteiger partial charge on any atom is -0.390 e. The van der Waals surface area contributed by atoms with Crippen LogP contribution in [0.4, 0.5) is 0 Å². The molecule has 0 aromatic carbocycles. The van der Waals surface area contributed by atoms with Gasteiger partial charge in [0, 0.05) is 25.5 Å². The molecule has 0 bridgehead atoms. The summed E-state index contributed by atoms with van der Waals surface area (Å²) in [6.45, 7) is 7.05. The van der Waals surface area contributed by atoms with Crippen LogP contribution in [-0.2, 0) is 24.3 Å². The normalized spacial score (nSPS) is 17.3. The molecule has 1 aromatic heterocycles. The molecule has 1 fully saturated rings. The number of hydrogen-bond donors (Lipinski definition) is 1. The predicted molar refractivity (Wildman–Crippen MR) is 70.4 cm³/mol. The largest absolute Gasteiger partial charge is 0.390 e. The Balaban J connectivity index is 1.98. The Morgan fingerprint density at radius 3 is 2.67 bits per heavy atom. The fourth-order valence-corrected chi connectivity index (χ4v) is 2.79. The molecule has 0 saturated carbocycles. The summed E-state index contributed by atoms with van der Waals surface area (Å²) in [5.41, 5.74) is 3.28. The first-order chi connectivity index (χ1) is 8.76. The Bertz CT molecular complexity index is 381. The van der Waals surface area contributed by atoms with Crippen LogP contribution in [0.2, 0.25) is 0 Å². The highest BCUT2D eigenvalue weighted by atomic mass is 16.5. The third-order valence-electron chi connectivity index (χ3n) is 4.01. The van der Waals surface area contributed by atoms with E-state index in [9.17, 15) is 5.11 Å². The average molecular weight is 252 g/mol. The molecule has 4 heteroatoms. The standard InChI is InChI=1S/C14H24N2O2/c1-3-13-11(2)16(15-14(13)10-17)7-4-12-5-8-18-9-6-12/h12,17H,3-10H2,1-2H3. The predicted octanol–water partition coefficient (Wildman–Crippen LogP) is 2.06. The molecule has 0 unspecified atom stereocenters. The van der Waals surface area contributed by atoms with E-state index in [4.69, 9.17) is 4.74 Å². The van der Waals surface area contributed by atoms with E-state index < -0.39 is 0 Å². The highest BCUT2D eigenvalue weighted by molar-refractivity contribution is 5.24. The van der Waals surface area contributed by atoms with Crippen LogP contribution in [0.1, 0.15) is 43.1 Å². The summed E-state index contributed by atoms with van der Waals surface area (Å²) in [5.74, 6) is 0.769. The van der Waals surface area contributed by atoms with E-state index in [1.54, 1.807) is 0 Å². The molecule has 1 aliphatic heterocycles. The van der Waals surface area contributed by atoms with Crippen LogP contribution >= 0.6 is 0 Å². The first-order valence-electron chi connectivity index (χ1n) is 7.00. The van der Waals surface area contributed by atoms with Crippen molar-refractivity contribution < 1.29 is 9.84 Å². The van der Waals surface area contributed by atoms with Crippen LogP contribution in [-0.4, -0.2) is 28.1 Å². The van der Waals surface area contributed by atoms with E-state index in [2.05, 4.69) is 23.6 Å². The number of aliphatic hydroxyl groups excluding tert-OH is 1. The Morgan fingerprint density at radius 1 is 1.39 bits per heavy atom. The summed E-state index contributed by atoms with van der Waals surface area (Å²) in [4.78, 5) is 0. The van der Waals surface area contributed by atoms with Crippen LogP contribution in [0.25, 0.3) is 0 Å². The molecule has 1 saturated heterocycles. The summed E-state index contributed by atoms with van der Waals surface area (Å²) in [6.07, 6.45) is 4.46. The van der Waals surface area contributed by atoms with Gasteiger partial charge in [0.25, 0.3) is 0 Å². The lowest BCUT2D eigenvalue weighted by atomic mass is 9.97. The van der Waals surface area contributed by atoms with Gasteiger partial charge in [0.1, 0.15) is 0 Å². The first kappa shape index (κ1) is 13.6. The third kappa shape index (κ3) is 2.93. The van der Waals surface area contributed by atoms with Crippen molar-refractivity contribution in [3.05, 3.63) is 17.0 Å². The molecule has 4 nitrogen and oxygen atoms in total. The zero-order chi connectivity index (χ0) is 13.0. The van der Waals surface area contributed by atoms with Crippen molar-refractivity contribution in [3.8, 4) is 0 Å². The Hall–Kier alpha value is -0.870. The van der Waals surface area contributed by atoms with Gasteiger partial charge in [-0.05, 0) is 44.1 Å². The zero-order valence-corrected chi connectivity index (χ0v) is 11.5. The van der Waals surface area contributed by atoms with Gasteiger partial charge in [-0.25, -0.2) is 0 Å². The lowest BCUT2D eigenvalue weighted by Crippen LogP contribution is -2.18. The molecular weight excluding hydrogens is 228 g/mol. The summed E-state index contributed by atoms with van der Waals surface area (Å²) in [5, 5.41) is 13.8. The molecule has 0 amide bonds. The van der Waals surface area contributed by atoms with Crippen molar-refractivity contribution in [3.63, 3.8) is 0 Å². The highest BCUT2D eigenvalue weighted by Gasteiger charge is 2.16. The maximum absolute atomic E-state index is 9.31. The minimum absolute atomic E-state index is 0.0499.